The standard InChI is InChI=1S/C18H21FN2O/c1-13-4-3-5-17(14(13)2)21-12-18(22)20-11-10-15-6-8-16(19)9-7-15/h3-9,21H,10-12H2,1-2H3,(H,20,22). The molecular formula is C18H21FN2O. The van der Waals surface area contributed by atoms with Gasteiger partial charge in [-0.3, -0.25) is 4.79 Å². The Morgan fingerprint density at radius 1 is 1.09 bits per heavy atom. The Kier molecular flexibility index (Phi) is 5.53. The van der Waals surface area contributed by atoms with Crippen LogP contribution in [0.15, 0.2) is 42.5 Å². The first-order chi connectivity index (χ1) is 10.6. The minimum atomic E-state index is -0.245. The van der Waals surface area contributed by atoms with E-state index < -0.39 is 0 Å². The Hall–Kier alpha value is -2.36. The number of rotatable bonds is 6. The van der Waals surface area contributed by atoms with E-state index in [9.17, 15) is 9.18 Å². The number of hydrogen-bond donors (Lipinski definition) is 2. The molecule has 0 aromatic heterocycles. The molecule has 0 radical (unpaired) electrons. The van der Waals surface area contributed by atoms with Gasteiger partial charge in [-0.1, -0.05) is 24.3 Å². The Bertz CT molecular complexity index is 638. The van der Waals surface area contributed by atoms with Crippen LogP contribution in [0.5, 0.6) is 0 Å². The fourth-order valence-electron chi connectivity index (χ4n) is 2.18. The number of hydrogen-bond acceptors (Lipinski definition) is 2. The molecule has 1 amide bonds. The summed E-state index contributed by atoms with van der Waals surface area (Å²) in [6.07, 6.45) is 0.690. The molecule has 0 fully saturated rings. The van der Waals surface area contributed by atoms with Gasteiger partial charge in [0.1, 0.15) is 5.82 Å². The van der Waals surface area contributed by atoms with E-state index in [1.54, 1.807) is 12.1 Å². The minimum absolute atomic E-state index is 0.0528. The van der Waals surface area contributed by atoms with Crippen LogP contribution in [0.2, 0.25) is 0 Å². The van der Waals surface area contributed by atoms with Crippen LogP contribution in [0, 0.1) is 19.7 Å². The highest BCUT2D eigenvalue weighted by Crippen LogP contribution is 2.17. The summed E-state index contributed by atoms with van der Waals surface area (Å²) in [6.45, 7) is 4.86. The van der Waals surface area contributed by atoms with E-state index in [1.165, 1.54) is 17.7 Å². The number of benzene rings is 2. The predicted octanol–water partition coefficient (Wildman–Crippen LogP) is 3.21. The molecule has 0 aliphatic rings. The number of nitrogens with one attached hydrogen (secondary N) is 2. The predicted molar refractivity (Wildman–Crippen MR) is 87.5 cm³/mol. The van der Waals surface area contributed by atoms with Crippen LogP contribution in [-0.2, 0) is 11.2 Å². The molecule has 4 heteroatoms. The van der Waals surface area contributed by atoms with Crippen molar-refractivity contribution in [3.63, 3.8) is 0 Å². The topological polar surface area (TPSA) is 41.1 Å². The molecule has 116 valence electrons. The van der Waals surface area contributed by atoms with E-state index in [1.807, 2.05) is 32.0 Å². The van der Waals surface area contributed by atoms with Crippen molar-refractivity contribution in [3.8, 4) is 0 Å². The van der Waals surface area contributed by atoms with Gasteiger partial charge in [-0.05, 0) is 55.2 Å². The molecule has 0 atom stereocenters. The number of aryl methyl sites for hydroxylation is 1. The van der Waals surface area contributed by atoms with Gasteiger partial charge in [-0.15, -0.1) is 0 Å². The zero-order valence-electron chi connectivity index (χ0n) is 12.9. The number of carbonyl (C=O) groups is 1. The zero-order chi connectivity index (χ0) is 15.9. The fourth-order valence-corrected chi connectivity index (χ4v) is 2.18. The van der Waals surface area contributed by atoms with Gasteiger partial charge in [0.25, 0.3) is 0 Å². The molecule has 0 saturated heterocycles. The first-order valence-electron chi connectivity index (χ1n) is 7.37. The molecule has 0 saturated carbocycles. The molecule has 22 heavy (non-hydrogen) atoms. The minimum Gasteiger partial charge on any atom is -0.376 e. The van der Waals surface area contributed by atoms with Crippen molar-refractivity contribution in [2.75, 3.05) is 18.4 Å². The first-order valence-corrected chi connectivity index (χ1v) is 7.37. The molecule has 0 spiro atoms. The number of halogens is 1. The summed E-state index contributed by atoms with van der Waals surface area (Å²) >= 11 is 0. The summed E-state index contributed by atoms with van der Waals surface area (Å²) < 4.78 is 12.8. The summed E-state index contributed by atoms with van der Waals surface area (Å²) in [5, 5.41) is 6.00. The molecule has 0 aliphatic carbocycles. The number of carbonyl (C=O) groups excluding carboxylic acids is 1. The molecule has 0 aliphatic heterocycles. The third-order valence-electron chi connectivity index (χ3n) is 3.69. The third-order valence-corrected chi connectivity index (χ3v) is 3.69. The molecule has 2 N–H and O–H groups in total. The van der Waals surface area contributed by atoms with Crippen molar-refractivity contribution in [1.29, 1.82) is 0 Å². The smallest absolute Gasteiger partial charge is 0.239 e. The summed E-state index contributed by atoms with van der Waals surface area (Å²) in [5.41, 5.74) is 4.33. The Morgan fingerprint density at radius 3 is 2.55 bits per heavy atom. The quantitative estimate of drug-likeness (QED) is 0.860. The van der Waals surface area contributed by atoms with Gasteiger partial charge in [0.05, 0.1) is 6.54 Å². The largest absolute Gasteiger partial charge is 0.376 e. The van der Waals surface area contributed by atoms with Crippen LogP contribution in [0.25, 0.3) is 0 Å². The summed E-state index contributed by atoms with van der Waals surface area (Å²) in [6, 6.07) is 12.3. The molecule has 2 aromatic carbocycles. The molecule has 0 bridgehead atoms. The van der Waals surface area contributed by atoms with Crippen LogP contribution in [0.4, 0.5) is 10.1 Å². The fraction of sp³-hybridized carbons (Fsp3) is 0.278. The van der Waals surface area contributed by atoms with Crippen molar-refractivity contribution >= 4 is 11.6 Å². The van der Waals surface area contributed by atoms with Crippen molar-refractivity contribution in [2.24, 2.45) is 0 Å². The van der Waals surface area contributed by atoms with Gasteiger partial charge in [0.15, 0.2) is 0 Å². The lowest BCUT2D eigenvalue weighted by Crippen LogP contribution is -2.31. The van der Waals surface area contributed by atoms with Gasteiger partial charge in [-0.25, -0.2) is 4.39 Å². The molecule has 2 rings (SSSR count). The normalized spacial score (nSPS) is 10.3. The maximum absolute atomic E-state index is 12.8. The molecule has 2 aromatic rings. The maximum Gasteiger partial charge on any atom is 0.239 e. The van der Waals surface area contributed by atoms with Gasteiger partial charge in [0.2, 0.25) is 5.91 Å². The lowest BCUT2D eigenvalue weighted by Gasteiger charge is -2.11. The highest BCUT2D eigenvalue weighted by atomic mass is 19.1. The maximum atomic E-state index is 12.8. The summed E-state index contributed by atoms with van der Waals surface area (Å²) in [7, 11) is 0. The van der Waals surface area contributed by atoms with Gasteiger partial charge in [0, 0.05) is 12.2 Å². The lowest BCUT2D eigenvalue weighted by atomic mass is 10.1. The third kappa shape index (κ3) is 4.58. The van der Waals surface area contributed by atoms with Gasteiger partial charge >= 0.3 is 0 Å². The van der Waals surface area contributed by atoms with Crippen LogP contribution in [-0.4, -0.2) is 19.0 Å². The van der Waals surface area contributed by atoms with E-state index in [4.69, 9.17) is 0 Å². The second kappa shape index (κ2) is 7.59. The second-order valence-corrected chi connectivity index (χ2v) is 5.33. The van der Waals surface area contributed by atoms with Gasteiger partial charge < -0.3 is 10.6 Å². The van der Waals surface area contributed by atoms with Crippen LogP contribution >= 0.6 is 0 Å². The van der Waals surface area contributed by atoms with Crippen LogP contribution in [0.3, 0.4) is 0 Å². The molecule has 3 nitrogen and oxygen atoms in total. The van der Waals surface area contributed by atoms with E-state index >= 15 is 0 Å². The first kappa shape index (κ1) is 16.0. The molecule has 0 heterocycles. The van der Waals surface area contributed by atoms with Crippen LogP contribution < -0.4 is 10.6 Å². The Morgan fingerprint density at radius 2 is 1.82 bits per heavy atom. The highest BCUT2D eigenvalue weighted by molar-refractivity contribution is 5.81. The second-order valence-electron chi connectivity index (χ2n) is 5.33. The molecule has 0 unspecified atom stereocenters. The van der Waals surface area contributed by atoms with Crippen molar-refractivity contribution in [1.82, 2.24) is 5.32 Å². The van der Waals surface area contributed by atoms with E-state index in [0.717, 1.165) is 16.8 Å². The zero-order valence-corrected chi connectivity index (χ0v) is 12.9. The van der Waals surface area contributed by atoms with Gasteiger partial charge in [-0.2, -0.15) is 0 Å². The van der Waals surface area contributed by atoms with Crippen molar-refractivity contribution < 1.29 is 9.18 Å². The van der Waals surface area contributed by atoms with E-state index in [0.29, 0.717) is 13.0 Å². The number of anilines is 1. The van der Waals surface area contributed by atoms with E-state index in [-0.39, 0.29) is 18.3 Å². The lowest BCUT2D eigenvalue weighted by molar-refractivity contribution is -0.119. The Labute approximate surface area is 130 Å². The summed E-state index contributed by atoms with van der Waals surface area (Å²) in [4.78, 5) is 11.8. The highest BCUT2D eigenvalue weighted by Gasteiger charge is 2.04. The summed E-state index contributed by atoms with van der Waals surface area (Å²) in [5.74, 6) is -0.298. The number of amides is 1. The monoisotopic (exact) mass is 300 g/mol. The Balaban J connectivity index is 1.74. The molecular weight excluding hydrogens is 279 g/mol. The average Bonchev–Trinajstić information content (AvgIpc) is 2.51. The average molecular weight is 300 g/mol. The van der Waals surface area contributed by atoms with Crippen molar-refractivity contribution in [3.05, 3.63) is 65.0 Å². The van der Waals surface area contributed by atoms with Crippen LogP contribution in [0.1, 0.15) is 16.7 Å². The SMILES string of the molecule is Cc1cccc(NCC(=O)NCCc2ccc(F)cc2)c1C. The van der Waals surface area contributed by atoms with Crippen molar-refractivity contribution in [2.45, 2.75) is 20.3 Å². The van der Waals surface area contributed by atoms with E-state index in [2.05, 4.69) is 10.6 Å².